The molecule has 0 unspecified atom stereocenters. The maximum atomic E-state index is 12.1. The normalized spacial score (nSPS) is 16.2. The van der Waals surface area contributed by atoms with E-state index < -0.39 is 0 Å². The molecule has 0 spiro atoms. The predicted octanol–water partition coefficient (Wildman–Crippen LogP) is 6.87. The fourth-order valence-corrected chi connectivity index (χ4v) is 6.35. The topological polar surface area (TPSA) is 74.7 Å². The van der Waals surface area contributed by atoms with Crippen LogP contribution in [-0.2, 0) is 4.79 Å². The first kappa shape index (κ1) is 30.1. The van der Waals surface area contributed by atoms with Crippen LogP contribution in [-0.4, -0.2) is 40.8 Å². The number of nitrogens with one attached hydrogen (secondary N) is 2. The van der Waals surface area contributed by atoms with Crippen LogP contribution in [0.25, 0.3) is 5.69 Å². The van der Waals surface area contributed by atoms with Gasteiger partial charge in [-0.15, -0.1) is 0 Å². The molecule has 5 rings (SSSR count). The molecule has 3 heterocycles. The van der Waals surface area contributed by atoms with Crippen LogP contribution in [0.3, 0.4) is 0 Å². The summed E-state index contributed by atoms with van der Waals surface area (Å²) in [6.07, 6.45) is 2.20. The molecule has 2 aromatic carbocycles. The maximum Gasteiger partial charge on any atom is 0.224 e. The van der Waals surface area contributed by atoms with E-state index in [0.717, 1.165) is 47.1 Å². The van der Waals surface area contributed by atoms with Crippen LogP contribution in [0.5, 0.6) is 5.75 Å². The van der Waals surface area contributed by atoms with Crippen molar-refractivity contribution < 1.29 is 9.53 Å². The zero-order chi connectivity index (χ0) is 30.7. The van der Waals surface area contributed by atoms with Gasteiger partial charge in [0, 0.05) is 60.2 Å². The van der Waals surface area contributed by atoms with Gasteiger partial charge in [-0.25, -0.2) is 0 Å². The summed E-state index contributed by atoms with van der Waals surface area (Å²) in [5.74, 6) is 0.496. The molecule has 2 atom stereocenters. The van der Waals surface area contributed by atoms with Gasteiger partial charge < -0.3 is 29.7 Å². The summed E-state index contributed by atoms with van der Waals surface area (Å²) in [6, 6.07) is 22.4. The van der Waals surface area contributed by atoms with Crippen LogP contribution in [0.1, 0.15) is 61.9 Å². The molecule has 4 aromatic rings. The molecule has 2 N–H and O–H groups in total. The lowest BCUT2D eigenvalue weighted by Gasteiger charge is -2.29. The lowest BCUT2D eigenvalue weighted by atomic mass is 9.96. The zero-order valence-electron chi connectivity index (χ0n) is 25.7. The molecule has 2 aromatic heterocycles. The number of pyridine rings is 1. The third-order valence-corrected chi connectivity index (χ3v) is 8.50. The Labute approximate surface area is 259 Å². The average Bonchev–Trinajstić information content (AvgIpc) is 3.53. The summed E-state index contributed by atoms with van der Waals surface area (Å²) in [5, 5.41) is 7.08. The van der Waals surface area contributed by atoms with Crippen molar-refractivity contribution in [1.29, 1.82) is 0 Å². The van der Waals surface area contributed by atoms with Crippen LogP contribution in [0.15, 0.2) is 72.9 Å². The molecular weight excluding hydrogens is 556 g/mol. The number of hydrogen-bond donors (Lipinski definition) is 2. The minimum absolute atomic E-state index is 0.0740. The predicted molar refractivity (Wildman–Crippen MR) is 179 cm³/mol. The molecule has 224 valence electrons. The molecule has 43 heavy (non-hydrogen) atoms. The Kier molecular flexibility index (Phi) is 9.01. The van der Waals surface area contributed by atoms with Gasteiger partial charge in [-0.2, -0.15) is 0 Å². The number of anilines is 3. The Hall–Kier alpha value is -4.37. The second kappa shape index (κ2) is 12.9. The van der Waals surface area contributed by atoms with E-state index in [1.165, 1.54) is 5.69 Å². The summed E-state index contributed by atoms with van der Waals surface area (Å²) in [7, 11) is 1.61. The van der Waals surface area contributed by atoms with Gasteiger partial charge in [0.05, 0.1) is 30.6 Å². The van der Waals surface area contributed by atoms with Crippen molar-refractivity contribution in [1.82, 2.24) is 14.9 Å². The Morgan fingerprint density at radius 3 is 2.37 bits per heavy atom. The quantitative estimate of drug-likeness (QED) is 0.194. The molecule has 0 aliphatic carbocycles. The SMILES string of the molecule is CCC(=O)Nc1ccc(N2C(=S)N[C@@H](c3ccccn3)[C@@H]2c2cc(C)n(-c3ccc(N(CC)CC)cc3)c2C)cc1OC. The third-order valence-electron chi connectivity index (χ3n) is 8.18. The van der Waals surface area contributed by atoms with E-state index in [1.54, 1.807) is 7.11 Å². The van der Waals surface area contributed by atoms with E-state index in [-0.39, 0.29) is 18.0 Å². The minimum atomic E-state index is -0.182. The molecule has 1 amide bonds. The molecular formula is C34H40N6O2S. The van der Waals surface area contributed by atoms with Crippen LogP contribution in [0.2, 0.25) is 0 Å². The van der Waals surface area contributed by atoms with Crippen LogP contribution >= 0.6 is 12.2 Å². The number of amides is 1. The molecule has 9 heteroatoms. The fourth-order valence-electron chi connectivity index (χ4n) is 6.01. The summed E-state index contributed by atoms with van der Waals surface area (Å²) in [5.41, 5.74) is 8.14. The van der Waals surface area contributed by atoms with E-state index in [4.69, 9.17) is 21.9 Å². The number of carbonyl (C=O) groups excluding carboxylic acids is 1. The largest absolute Gasteiger partial charge is 0.494 e. The molecule has 1 fully saturated rings. The highest BCUT2D eigenvalue weighted by atomic mass is 32.1. The van der Waals surface area contributed by atoms with Crippen molar-refractivity contribution in [3.63, 3.8) is 0 Å². The second-order valence-electron chi connectivity index (χ2n) is 10.6. The number of aryl methyl sites for hydroxylation is 1. The summed E-state index contributed by atoms with van der Waals surface area (Å²) in [4.78, 5) is 21.3. The van der Waals surface area contributed by atoms with E-state index in [2.05, 4.69) is 83.0 Å². The minimum Gasteiger partial charge on any atom is -0.494 e. The monoisotopic (exact) mass is 596 g/mol. The van der Waals surface area contributed by atoms with Crippen molar-refractivity contribution >= 4 is 40.3 Å². The summed E-state index contributed by atoms with van der Waals surface area (Å²) < 4.78 is 8.01. The smallest absolute Gasteiger partial charge is 0.224 e. The number of benzene rings is 2. The summed E-state index contributed by atoms with van der Waals surface area (Å²) in [6.45, 7) is 12.4. The maximum absolute atomic E-state index is 12.1. The number of rotatable bonds is 10. The standard InChI is InChI=1S/C34H40N6O2S/c1-7-31(41)36-28-18-17-26(21-30(28)42-6)40-33(32(37-34(40)43)29-12-10-11-19-35-29)27-20-22(4)39(23(27)5)25-15-13-24(14-16-25)38(8-2)9-3/h10-21,32-33H,7-9H2,1-6H3,(H,36,41)(H,37,43)/t32-,33-/m0/s1. The Morgan fingerprint density at radius 2 is 1.74 bits per heavy atom. The third kappa shape index (κ3) is 5.82. The van der Waals surface area contributed by atoms with E-state index in [9.17, 15) is 4.79 Å². The number of methoxy groups -OCH3 is 1. The molecule has 1 aliphatic rings. The number of hydrogen-bond acceptors (Lipinski definition) is 5. The van der Waals surface area contributed by atoms with Gasteiger partial charge in [0.15, 0.2) is 5.11 Å². The number of nitrogens with zero attached hydrogens (tertiary/aromatic N) is 4. The van der Waals surface area contributed by atoms with Crippen molar-refractivity contribution in [3.05, 3.63) is 95.6 Å². The Bertz CT molecular complexity index is 1600. The first-order chi connectivity index (χ1) is 20.8. The highest BCUT2D eigenvalue weighted by Gasteiger charge is 2.42. The van der Waals surface area contributed by atoms with Crippen molar-refractivity contribution in [2.75, 3.05) is 35.3 Å². The van der Waals surface area contributed by atoms with Gasteiger partial charge in [-0.3, -0.25) is 9.78 Å². The van der Waals surface area contributed by atoms with Crippen LogP contribution in [0, 0.1) is 13.8 Å². The van der Waals surface area contributed by atoms with Gasteiger partial charge in [0.2, 0.25) is 5.91 Å². The molecule has 0 bridgehead atoms. The second-order valence-corrected chi connectivity index (χ2v) is 11.0. The van der Waals surface area contributed by atoms with E-state index in [1.807, 2.05) is 49.5 Å². The molecule has 0 saturated carbocycles. The average molecular weight is 597 g/mol. The number of ether oxygens (including phenoxy) is 1. The lowest BCUT2D eigenvalue weighted by Crippen LogP contribution is -2.29. The van der Waals surface area contributed by atoms with Crippen LogP contribution in [0.4, 0.5) is 17.1 Å². The molecule has 1 aliphatic heterocycles. The number of aromatic nitrogens is 2. The van der Waals surface area contributed by atoms with Crippen LogP contribution < -0.4 is 25.2 Å². The lowest BCUT2D eigenvalue weighted by molar-refractivity contribution is -0.115. The van der Waals surface area contributed by atoms with Gasteiger partial charge in [-0.05, 0) is 100 Å². The molecule has 8 nitrogen and oxygen atoms in total. The van der Waals surface area contributed by atoms with Crippen molar-refractivity contribution in [2.24, 2.45) is 0 Å². The molecule has 1 saturated heterocycles. The van der Waals surface area contributed by atoms with Gasteiger partial charge >= 0.3 is 0 Å². The first-order valence-electron chi connectivity index (χ1n) is 14.8. The Morgan fingerprint density at radius 1 is 1.02 bits per heavy atom. The van der Waals surface area contributed by atoms with Crippen molar-refractivity contribution in [3.8, 4) is 11.4 Å². The highest BCUT2D eigenvalue weighted by molar-refractivity contribution is 7.80. The fraction of sp³-hybridized carbons (Fsp3) is 0.324. The molecule has 0 radical (unpaired) electrons. The first-order valence-corrected chi connectivity index (χ1v) is 15.2. The summed E-state index contributed by atoms with van der Waals surface area (Å²) >= 11 is 5.98. The van der Waals surface area contributed by atoms with E-state index >= 15 is 0 Å². The van der Waals surface area contributed by atoms with Gasteiger partial charge in [-0.1, -0.05) is 13.0 Å². The number of carbonyl (C=O) groups is 1. The Balaban J connectivity index is 1.60. The van der Waals surface area contributed by atoms with Gasteiger partial charge in [0.1, 0.15) is 5.75 Å². The zero-order valence-corrected chi connectivity index (χ0v) is 26.5. The number of thiocarbonyl (C=S) groups is 1. The van der Waals surface area contributed by atoms with Crippen molar-refractivity contribution in [2.45, 2.75) is 53.1 Å². The van der Waals surface area contributed by atoms with Gasteiger partial charge in [0.25, 0.3) is 0 Å². The highest BCUT2D eigenvalue weighted by Crippen LogP contribution is 2.45. The van der Waals surface area contributed by atoms with E-state index in [0.29, 0.717) is 23.0 Å².